The minimum absolute atomic E-state index is 0.00655. The summed E-state index contributed by atoms with van der Waals surface area (Å²) in [6.07, 6.45) is -7.65. The van der Waals surface area contributed by atoms with Crippen LogP contribution in [0, 0.1) is 17.5 Å². The van der Waals surface area contributed by atoms with Crippen molar-refractivity contribution in [3.8, 4) is 34.5 Å². The van der Waals surface area contributed by atoms with Crippen molar-refractivity contribution in [1.82, 2.24) is 9.97 Å². The number of hydrogen-bond donors (Lipinski definition) is 2. The standard InChI is InChI=1S/C23H18F5N3O4.C17H15F4NO4/c1-11(2)18-9-20(34-13-4-6-19(17(25)8-13)35-23(26,27)28)15(10-30-18)22(33)31-12-3-5-16(24)14(7-12)21(29)32;1-9(2)13-7-15(11(8-22-13)16(23)24-3)25-10-4-5-14(12(18)6-10)26-17(19,20)21/h3-11H,1-2H3,(H2,29,32)(H,31,33);4-9H,1-3H3. The normalized spacial score (nSPS) is 11.3. The smallest absolute Gasteiger partial charge is 0.465 e. The fourth-order valence-electron chi connectivity index (χ4n) is 4.89. The number of ether oxygens (including phenoxy) is 5. The van der Waals surface area contributed by atoms with Crippen LogP contribution in [0.2, 0.25) is 0 Å². The van der Waals surface area contributed by atoms with Crippen molar-refractivity contribution in [2.45, 2.75) is 52.3 Å². The van der Waals surface area contributed by atoms with Gasteiger partial charge in [-0.1, -0.05) is 27.7 Å². The highest BCUT2D eigenvalue weighted by Gasteiger charge is 2.33. The Hall–Kier alpha value is -7.06. The molecule has 2 aromatic heterocycles. The van der Waals surface area contributed by atoms with Gasteiger partial charge in [0.25, 0.3) is 11.8 Å². The number of halogens is 9. The van der Waals surface area contributed by atoms with Crippen molar-refractivity contribution >= 4 is 23.5 Å². The van der Waals surface area contributed by atoms with Crippen LogP contribution in [0.1, 0.15) is 82.0 Å². The Morgan fingerprint density at radius 3 is 1.48 bits per heavy atom. The molecule has 324 valence electrons. The summed E-state index contributed by atoms with van der Waals surface area (Å²) in [6, 6.07) is 11.1. The summed E-state index contributed by atoms with van der Waals surface area (Å²) in [5, 5.41) is 2.45. The highest BCUT2D eigenvalue weighted by Crippen LogP contribution is 2.35. The molecular weight excluding hydrogens is 835 g/mol. The number of nitrogens with one attached hydrogen (secondary N) is 1. The number of nitrogens with two attached hydrogens (primary N) is 1. The Morgan fingerprint density at radius 2 is 1.07 bits per heavy atom. The zero-order valence-corrected chi connectivity index (χ0v) is 32.3. The first-order valence-electron chi connectivity index (χ1n) is 17.4. The largest absolute Gasteiger partial charge is 0.573 e. The van der Waals surface area contributed by atoms with E-state index in [1.165, 1.54) is 37.7 Å². The van der Waals surface area contributed by atoms with E-state index < -0.39 is 65.0 Å². The molecule has 0 fully saturated rings. The minimum Gasteiger partial charge on any atom is -0.465 e. The molecule has 0 aliphatic carbocycles. The number of aromatic nitrogens is 2. The average Bonchev–Trinajstić information content (AvgIpc) is 3.16. The molecule has 0 spiro atoms. The van der Waals surface area contributed by atoms with Crippen molar-refractivity contribution < 1.29 is 77.6 Å². The molecule has 0 atom stereocenters. The van der Waals surface area contributed by atoms with Crippen LogP contribution >= 0.6 is 0 Å². The third kappa shape index (κ3) is 13.2. The molecule has 2 heterocycles. The second kappa shape index (κ2) is 19.3. The molecule has 2 amide bonds. The number of hydrogen-bond acceptors (Lipinski definition) is 10. The van der Waals surface area contributed by atoms with Gasteiger partial charge in [0, 0.05) is 53.7 Å². The monoisotopic (exact) mass is 868 g/mol. The molecular formula is C40H33F9N4O8. The Labute approximate surface area is 340 Å². The Bertz CT molecular complexity index is 2410. The quantitative estimate of drug-likeness (QED) is 0.0912. The van der Waals surface area contributed by atoms with Crippen molar-refractivity contribution in [3.63, 3.8) is 0 Å². The van der Waals surface area contributed by atoms with Crippen molar-refractivity contribution in [2.24, 2.45) is 5.73 Å². The van der Waals surface area contributed by atoms with Crippen LogP contribution in [0.25, 0.3) is 0 Å². The van der Waals surface area contributed by atoms with E-state index in [1.807, 2.05) is 27.7 Å². The lowest BCUT2D eigenvalue weighted by Gasteiger charge is -2.15. The molecule has 3 aromatic carbocycles. The lowest BCUT2D eigenvalue weighted by Crippen LogP contribution is -2.18. The van der Waals surface area contributed by atoms with Gasteiger partial charge in [-0.25, -0.2) is 18.0 Å². The molecule has 5 rings (SSSR count). The first-order chi connectivity index (χ1) is 28.4. The first-order valence-corrected chi connectivity index (χ1v) is 17.4. The average molecular weight is 869 g/mol. The molecule has 0 bridgehead atoms. The molecule has 61 heavy (non-hydrogen) atoms. The summed E-state index contributed by atoms with van der Waals surface area (Å²) in [7, 11) is 1.17. The number of rotatable bonds is 12. The van der Waals surface area contributed by atoms with Crippen molar-refractivity contribution in [1.29, 1.82) is 0 Å². The highest BCUT2D eigenvalue weighted by atomic mass is 19.4. The number of carbonyl (C=O) groups excluding carboxylic acids is 3. The van der Waals surface area contributed by atoms with Crippen molar-refractivity contribution in [3.05, 3.63) is 125 Å². The second-order valence-electron chi connectivity index (χ2n) is 13.0. The van der Waals surface area contributed by atoms with Gasteiger partial charge in [-0.2, -0.15) is 0 Å². The van der Waals surface area contributed by atoms with Crippen molar-refractivity contribution in [2.75, 3.05) is 12.4 Å². The summed E-state index contributed by atoms with van der Waals surface area (Å²) < 4.78 is 138. The van der Waals surface area contributed by atoms with Gasteiger partial charge in [0.05, 0.1) is 12.7 Å². The summed E-state index contributed by atoms with van der Waals surface area (Å²) in [5.74, 6) is -8.51. The number of primary amides is 1. The van der Waals surface area contributed by atoms with Crippen LogP contribution in [0.4, 0.5) is 45.2 Å². The lowest BCUT2D eigenvalue weighted by molar-refractivity contribution is -0.276. The van der Waals surface area contributed by atoms with Gasteiger partial charge in [-0.05, 0) is 54.3 Å². The number of carbonyl (C=O) groups is 3. The fourth-order valence-corrected chi connectivity index (χ4v) is 4.89. The first kappa shape index (κ1) is 46.6. The molecule has 0 aliphatic rings. The molecule has 0 unspecified atom stereocenters. The third-order valence-electron chi connectivity index (χ3n) is 7.81. The van der Waals surface area contributed by atoms with E-state index >= 15 is 0 Å². The van der Waals surface area contributed by atoms with Crippen LogP contribution in [0.15, 0.2) is 79.1 Å². The summed E-state index contributed by atoms with van der Waals surface area (Å²) in [4.78, 5) is 44.4. The molecule has 12 nitrogen and oxygen atoms in total. The second-order valence-corrected chi connectivity index (χ2v) is 13.0. The van der Waals surface area contributed by atoms with Gasteiger partial charge < -0.3 is 34.7 Å². The van der Waals surface area contributed by atoms with Gasteiger partial charge in [0.2, 0.25) is 0 Å². The Balaban J connectivity index is 0.000000281. The SMILES string of the molecule is CC(C)c1cc(Oc2ccc(OC(F)(F)F)c(F)c2)c(C(=O)Nc2ccc(F)c(C(N)=O)c2)cn1.COC(=O)c1cnc(C(C)C)cc1Oc1ccc(OC(F)(F)F)c(F)c1. The van der Waals surface area contributed by atoms with Crippen LogP contribution in [0.3, 0.4) is 0 Å². The topological polar surface area (TPSA) is 161 Å². The fraction of sp³-hybridized carbons (Fsp3) is 0.225. The zero-order chi connectivity index (χ0) is 45.4. The van der Waals surface area contributed by atoms with E-state index in [1.54, 1.807) is 0 Å². The van der Waals surface area contributed by atoms with Crippen LogP contribution in [0.5, 0.6) is 34.5 Å². The van der Waals surface area contributed by atoms with Gasteiger partial charge >= 0.3 is 18.7 Å². The number of pyridine rings is 2. The number of esters is 1. The maximum absolute atomic E-state index is 14.1. The van der Waals surface area contributed by atoms with Gasteiger partial charge in [0.1, 0.15) is 39.9 Å². The molecule has 3 N–H and O–H groups in total. The third-order valence-corrected chi connectivity index (χ3v) is 7.81. The summed E-state index contributed by atoms with van der Waals surface area (Å²) >= 11 is 0. The number of benzene rings is 3. The molecule has 0 aliphatic heterocycles. The Morgan fingerprint density at radius 1 is 0.607 bits per heavy atom. The predicted octanol–water partition coefficient (Wildman–Crippen LogP) is 10.3. The molecule has 0 saturated carbocycles. The minimum atomic E-state index is -5.08. The molecule has 0 radical (unpaired) electrons. The van der Waals surface area contributed by atoms with E-state index in [0.717, 1.165) is 42.5 Å². The van der Waals surface area contributed by atoms with Crippen LogP contribution in [-0.4, -0.2) is 47.6 Å². The van der Waals surface area contributed by atoms with E-state index in [-0.39, 0.29) is 51.6 Å². The maximum atomic E-state index is 14.1. The van der Waals surface area contributed by atoms with Gasteiger partial charge in [-0.15, -0.1) is 26.3 Å². The predicted molar refractivity (Wildman–Crippen MR) is 197 cm³/mol. The van der Waals surface area contributed by atoms with Crippen LogP contribution in [-0.2, 0) is 4.74 Å². The van der Waals surface area contributed by atoms with E-state index in [9.17, 15) is 53.9 Å². The number of amides is 2. The van der Waals surface area contributed by atoms with Gasteiger partial charge in [-0.3, -0.25) is 19.6 Å². The van der Waals surface area contributed by atoms with E-state index in [0.29, 0.717) is 17.5 Å². The zero-order valence-electron chi connectivity index (χ0n) is 32.3. The number of methoxy groups -OCH3 is 1. The van der Waals surface area contributed by atoms with Gasteiger partial charge in [0.15, 0.2) is 23.1 Å². The van der Waals surface area contributed by atoms with Crippen LogP contribution < -0.4 is 30.0 Å². The lowest BCUT2D eigenvalue weighted by atomic mass is 10.1. The number of anilines is 1. The number of alkyl halides is 6. The molecule has 5 aromatic rings. The summed E-state index contributed by atoms with van der Waals surface area (Å²) in [5.41, 5.74) is 5.69. The van der Waals surface area contributed by atoms with E-state index in [4.69, 9.17) is 15.2 Å². The highest BCUT2D eigenvalue weighted by molar-refractivity contribution is 6.06. The summed E-state index contributed by atoms with van der Waals surface area (Å²) in [6.45, 7) is 7.37. The molecule has 21 heteroatoms. The Kier molecular flexibility index (Phi) is 14.8. The maximum Gasteiger partial charge on any atom is 0.573 e. The van der Waals surface area contributed by atoms with E-state index in [2.05, 4.69) is 29.5 Å². The molecule has 0 saturated heterocycles. The number of nitrogens with zero attached hydrogens (tertiary/aromatic N) is 2.